The van der Waals surface area contributed by atoms with Crippen LogP contribution in [0.15, 0.2) is 24.3 Å². The molecule has 2 N–H and O–H groups in total. The van der Waals surface area contributed by atoms with E-state index in [1.165, 1.54) is 0 Å². The molecular formula is C11H15NO. The summed E-state index contributed by atoms with van der Waals surface area (Å²) in [7, 11) is 0. The number of ketones is 1. The van der Waals surface area contributed by atoms with Crippen molar-refractivity contribution >= 4 is 5.78 Å². The minimum atomic E-state index is 0.206. The van der Waals surface area contributed by atoms with Crippen LogP contribution in [0.4, 0.5) is 0 Å². The largest absolute Gasteiger partial charge is 0.326 e. The summed E-state index contributed by atoms with van der Waals surface area (Å²) < 4.78 is 0. The van der Waals surface area contributed by atoms with Gasteiger partial charge in [-0.15, -0.1) is 0 Å². The standard InChI is InChI=1S/C11H15NO/c1-2-4-11(13)10-6-3-5-9(7-10)8-12/h3,5-7H,2,4,8,12H2,1H3. The Morgan fingerprint density at radius 2 is 2.23 bits per heavy atom. The second kappa shape index (κ2) is 4.77. The summed E-state index contributed by atoms with van der Waals surface area (Å²) in [5.74, 6) is 0.206. The molecule has 0 aromatic heterocycles. The fraction of sp³-hybridized carbons (Fsp3) is 0.364. The first-order valence-electron chi connectivity index (χ1n) is 4.60. The van der Waals surface area contributed by atoms with Crippen LogP contribution in [0.2, 0.25) is 0 Å². The predicted molar refractivity (Wildman–Crippen MR) is 53.6 cm³/mol. The first-order valence-corrected chi connectivity index (χ1v) is 4.60. The Kier molecular flexibility index (Phi) is 3.65. The zero-order chi connectivity index (χ0) is 9.68. The monoisotopic (exact) mass is 177 g/mol. The van der Waals surface area contributed by atoms with Gasteiger partial charge in [0.25, 0.3) is 0 Å². The fourth-order valence-corrected chi connectivity index (χ4v) is 1.24. The molecular weight excluding hydrogens is 162 g/mol. The molecule has 0 bridgehead atoms. The third kappa shape index (κ3) is 2.67. The molecule has 0 spiro atoms. The van der Waals surface area contributed by atoms with Gasteiger partial charge in [0.2, 0.25) is 0 Å². The van der Waals surface area contributed by atoms with E-state index in [0.29, 0.717) is 13.0 Å². The van der Waals surface area contributed by atoms with Crippen LogP contribution in [-0.2, 0) is 6.54 Å². The molecule has 0 saturated carbocycles. The molecule has 1 aromatic rings. The Labute approximate surface area is 78.8 Å². The molecule has 0 aliphatic rings. The van der Waals surface area contributed by atoms with Gasteiger partial charge in [-0.3, -0.25) is 4.79 Å². The number of carbonyl (C=O) groups is 1. The second-order valence-electron chi connectivity index (χ2n) is 3.08. The summed E-state index contributed by atoms with van der Waals surface area (Å²) in [4.78, 5) is 11.5. The molecule has 0 saturated heterocycles. The van der Waals surface area contributed by atoms with Crippen molar-refractivity contribution in [2.75, 3.05) is 0 Å². The van der Waals surface area contributed by atoms with E-state index < -0.39 is 0 Å². The Hall–Kier alpha value is -1.15. The topological polar surface area (TPSA) is 43.1 Å². The second-order valence-corrected chi connectivity index (χ2v) is 3.08. The van der Waals surface area contributed by atoms with Gasteiger partial charge in [0.1, 0.15) is 0 Å². The van der Waals surface area contributed by atoms with Gasteiger partial charge in [0, 0.05) is 18.5 Å². The van der Waals surface area contributed by atoms with Gasteiger partial charge in [0.05, 0.1) is 0 Å². The molecule has 1 aromatic carbocycles. The van der Waals surface area contributed by atoms with Crippen molar-refractivity contribution in [3.05, 3.63) is 35.4 Å². The van der Waals surface area contributed by atoms with Crippen LogP contribution in [0.25, 0.3) is 0 Å². The summed E-state index contributed by atoms with van der Waals surface area (Å²) in [6.45, 7) is 2.50. The van der Waals surface area contributed by atoms with Crippen molar-refractivity contribution in [2.45, 2.75) is 26.3 Å². The van der Waals surface area contributed by atoms with Crippen LogP contribution in [0.3, 0.4) is 0 Å². The molecule has 2 nitrogen and oxygen atoms in total. The summed E-state index contributed by atoms with van der Waals surface area (Å²) in [6.07, 6.45) is 1.51. The van der Waals surface area contributed by atoms with Crippen molar-refractivity contribution < 1.29 is 4.79 Å². The quantitative estimate of drug-likeness (QED) is 0.716. The highest BCUT2D eigenvalue weighted by Crippen LogP contribution is 2.08. The zero-order valence-corrected chi connectivity index (χ0v) is 7.92. The molecule has 2 heteroatoms. The van der Waals surface area contributed by atoms with Gasteiger partial charge in [-0.05, 0) is 18.1 Å². The number of carbonyl (C=O) groups excluding carboxylic acids is 1. The highest BCUT2D eigenvalue weighted by atomic mass is 16.1. The molecule has 13 heavy (non-hydrogen) atoms. The van der Waals surface area contributed by atoms with Gasteiger partial charge >= 0.3 is 0 Å². The lowest BCUT2D eigenvalue weighted by Crippen LogP contribution is -2.01. The maximum atomic E-state index is 11.5. The fourth-order valence-electron chi connectivity index (χ4n) is 1.24. The zero-order valence-electron chi connectivity index (χ0n) is 7.92. The molecule has 1 rings (SSSR count). The third-order valence-electron chi connectivity index (χ3n) is 1.96. The number of benzene rings is 1. The van der Waals surface area contributed by atoms with E-state index in [2.05, 4.69) is 0 Å². The van der Waals surface area contributed by atoms with E-state index >= 15 is 0 Å². The molecule has 0 aliphatic heterocycles. The number of hydrogen-bond donors (Lipinski definition) is 1. The van der Waals surface area contributed by atoms with E-state index in [-0.39, 0.29) is 5.78 Å². The maximum absolute atomic E-state index is 11.5. The first-order chi connectivity index (χ1) is 6.27. The van der Waals surface area contributed by atoms with Gasteiger partial charge in [-0.25, -0.2) is 0 Å². The summed E-state index contributed by atoms with van der Waals surface area (Å²) in [6, 6.07) is 7.53. The lowest BCUT2D eigenvalue weighted by atomic mass is 10.0. The molecule has 0 heterocycles. The number of hydrogen-bond acceptors (Lipinski definition) is 2. The smallest absolute Gasteiger partial charge is 0.162 e. The average Bonchev–Trinajstić information content (AvgIpc) is 2.18. The van der Waals surface area contributed by atoms with E-state index in [0.717, 1.165) is 17.5 Å². The van der Waals surface area contributed by atoms with Gasteiger partial charge < -0.3 is 5.73 Å². The SMILES string of the molecule is CCCC(=O)c1cccc(CN)c1. The Morgan fingerprint density at radius 3 is 2.85 bits per heavy atom. The minimum absolute atomic E-state index is 0.206. The van der Waals surface area contributed by atoms with Crippen molar-refractivity contribution in [1.29, 1.82) is 0 Å². The van der Waals surface area contributed by atoms with Crippen molar-refractivity contribution in [2.24, 2.45) is 5.73 Å². The third-order valence-corrected chi connectivity index (χ3v) is 1.96. The lowest BCUT2D eigenvalue weighted by molar-refractivity contribution is 0.0981. The highest BCUT2D eigenvalue weighted by molar-refractivity contribution is 5.96. The molecule has 0 atom stereocenters. The summed E-state index contributed by atoms with van der Waals surface area (Å²) in [5.41, 5.74) is 7.28. The van der Waals surface area contributed by atoms with E-state index in [4.69, 9.17) is 5.73 Å². The molecule has 70 valence electrons. The van der Waals surface area contributed by atoms with Crippen LogP contribution in [-0.4, -0.2) is 5.78 Å². The normalized spacial score (nSPS) is 10.0. The van der Waals surface area contributed by atoms with Crippen LogP contribution < -0.4 is 5.73 Å². The molecule has 0 unspecified atom stereocenters. The minimum Gasteiger partial charge on any atom is -0.326 e. The average molecular weight is 177 g/mol. The predicted octanol–water partition coefficient (Wildman–Crippen LogP) is 2.13. The first kappa shape index (κ1) is 9.93. The Morgan fingerprint density at radius 1 is 1.46 bits per heavy atom. The van der Waals surface area contributed by atoms with E-state index in [9.17, 15) is 4.79 Å². The van der Waals surface area contributed by atoms with Gasteiger partial charge in [0.15, 0.2) is 5.78 Å². The van der Waals surface area contributed by atoms with Crippen molar-refractivity contribution in [1.82, 2.24) is 0 Å². The molecule has 0 aliphatic carbocycles. The number of nitrogens with two attached hydrogens (primary N) is 1. The number of rotatable bonds is 4. The van der Waals surface area contributed by atoms with Crippen LogP contribution in [0.1, 0.15) is 35.7 Å². The van der Waals surface area contributed by atoms with Crippen LogP contribution >= 0.6 is 0 Å². The van der Waals surface area contributed by atoms with Gasteiger partial charge in [-0.1, -0.05) is 25.1 Å². The summed E-state index contributed by atoms with van der Waals surface area (Å²) >= 11 is 0. The maximum Gasteiger partial charge on any atom is 0.162 e. The van der Waals surface area contributed by atoms with Crippen molar-refractivity contribution in [3.63, 3.8) is 0 Å². The molecule has 0 fully saturated rings. The van der Waals surface area contributed by atoms with Crippen LogP contribution in [0, 0.1) is 0 Å². The molecule has 0 amide bonds. The Balaban J connectivity index is 2.82. The highest BCUT2D eigenvalue weighted by Gasteiger charge is 2.03. The van der Waals surface area contributed by atoms with E-state index in [1.54, 1.807) is 0 Å². The Bertz CT molecular complexity index is 294. The van der Waals surface area contributed by atoms with Crippen molar-refractivity contribution in [3.8, 4) is 0 Å². The van der Waals surface area contributed by atoms with E-state index in [1.807, 2.05) is 31.2 Å². The van der Waals surface area contributed by atoms with Crippen LogP contribution in [0.5, 0.6) is 0 Å². The lowest BCUT2D eigenvalue weighted by Gasteiger charge is -2.01. The summed E-state index contributed by atoms with van der Waals surface area (Å²) in [5, 5.41) is 0. The van der Waals surface area contributed by atoms with Gasteiger partial charge in [-0.2, -0.15) is 0 Å². The number of Topliss-reactive ketones (excluding diaryl/α,β-unsaturated/α-hetero) is 1. The molecule has 0 radical (unpaired) electrons.